The fraction of sp³-hybridized carbons (Fsp3) is 0.824. The molecule has 5 heteroatoms. The van der Waals surface area contributed by atoms with Crippen LogP contribution in [0.25, 0.3) is 0 Å². The van der Waals surface area contributed by atoms with E-state index in [4.69, 9.17) is 0 Å². The van der Waals surface area contributed by atoms with Gasteiger partial charge in [0.1, 0.15) is 5.82 Å². The number of piperidine rings is 1. The predicted octanol–water partition coefficient (Wildman–Crippen LogP) is 1.57. The van der Waals surface area contributed by atoms with E-state index in [0.717, 1.165) is 45.6 Å². The third-order valence-corrected chi connectivity index (χ3v) is 5.52. The number of nitrogens with zero attached hydrogens (tertiary/aromatic N) is 4. The largest absolute Gasteiger partial charge is 0.396 e. The topological polar surface area (TPSA) is 44.5 Å². The van der Waals surface area contributed by atoms with Crippen LogP contribution >= 0.6 is 0 Å². The Bertz CT molecular complexity index is 459. The van der Waals surface area contributed by atoms with Gasteiger partial charge in [0.25, 0.3) is 0 Å². The lowest BCUT2D eigenvalue weighted by molar-refractivity contribution is 0.0156. The minimum absolute atomic E-state index is 0.126. The molecule has 5 nitrogen and oxygen atoms in total. The van der Waals surface area contributed by atoms with Crippen LogP contribution in [0.4, 0.5) is 0 Å². The minimum Gasteiger partial charge on any atom is -0.396 e. The number of likely N-dealkylation sites (tertiary alicyclic amines) is 2. The van der Waals surface area contributed by atoms with Crippen molar-refractivity contribution in [3.63, 3.8) is 0 Å². The summed E-state index contributed by atoms with van der Waals surface area (Å²) in [4.78, 5) is 9.53. The lowest BCUT2D eigenvalue weighted by Crippen LogP contribution is -2.47. The lowest BCUT2D eigenvalue weighted by Gasteiger charge is -2.42. The fourth-order valence-electron chi connectivity index (χ4n) is 3.95. The van der Waals surface area contributed by atoms with Crippen LogP contribution in [-0.2, 0) is 13.1 Å². The van der Waals surface area contributed by atoms with E-state index in [2.05, 4.69) is 32.5 Å². The average molecular weight is 306 g/mol. The number of aliphatic hydroxyl groups excluding tert-OH is 1. The molecule has 0 radical (unpaired) electrons. The second-order valence-corrected chi connectivity index (χ2v) is 7.05. The molecule has 2 saturated heterocycles. The summed E-state index contributed by atoms with van der Waals surface area (Å²) in [6, 6.07) is 0. The van der Waals surface area contributed by atoms with Gasteiger partial charge in [0.05, 0.1) is 13.2 Å². The van der Waals surface area contributed by atoms with Crippen LogP contribution < -0.4 is 0 Å². The highest BCUT2D eigenvalue weighted by molar-refractivity contribution is 4.95. The molecule has 0 aliphatic carbocycles. The Morgan fingerprint density at radius 1 is 1.14 bits per heavy atom. The normalized spacial score (nSPS) is 23.2. The van der Waals surface area contributed by atoms with Crippen molar-refractivity contribution in [3.05, 3.63) is 18.2 Å². The molecule has 2 aliphatic heterocycles. The first-order chi connectivity index (χ1) is 10.7. The molecular weight excluding hydrogens is 276 g/mol. The number of aryl methyl sites for hydroxylation is 1. The molecule has 0 spiro atoms. The molecular formula is C17H30N4O. The molecule has 0 atom stereocenters. The molecule has 22 heavy (non-hydrogen) atoms. The smallest absolute Gasteiger partial charge is 0.122 e. The van der Waals surface area contributed by atoms with Crippen molar-refractivity contribution in [2.75, 3.05) is 39.3 Å². The molecule has 1 aromatic heterocycles. The van der Waals surface area contributed by atoms with E-state index in [9.17, 15) is 5.11 Å². The zero-order valence-electron chi connectivity index (χ0n) is 13.9. The number of hydrogen-bond acceptors (Lipinski definition) is 4. The van der Waals surface area contributed by atoms with Crippen LogP contribution in [0.5, 0.6) is 0 Å². The van der Waals surface area contributed by atoms with Gasteiger partial charge in [0.15, 0.2) is 0 Å². The van der Waals surface area contributed by atoms with Gasteiger partial charge < -0.3 is 14.6 Å². The highest BCUT2D eigenvalue weighted by atomic mass is 16.3. The molecule has 0 aromatic carbocycles. The Morgan fingerprint density at radius 3 is 2.50 bits per heavy atom. The van der Waals surface area contributed by atoms with Crippen LogP contribution in [0.15, 0.2) is 12.4 Å². The Kier molecular flexibility index (Phi) is 5.16. The summed E-state index contributed by atoms with van der Waals surface area (Å²) < 4.78 is 2.22. The van der Waals surface area contributed by atoms with Gasteiger partial charge in [-0.1, -0.05) is 0 Å². The van der Waals surface area contributed by atoms with Gasteiger partial charge in [-0.25, -0.2) is 4.98 Å². The third kappa shape index (κ3) is 3.53. The van der Waals surface area contributed by atoms with Gasteiger partial charge in [0.2, 0.25) is 0 Å². The molecule has 1 aromatic rings. The van der Waals surface area contributed by atoms with Crippen LogP contribution in [0.3, 0.4) is 0 Å². The molecule has 124 valence electrons. The summed E-state index contributed by atoms with van der Waals surface area (Å²) in [6.45, 7) is 10.1. The summed E-state index contributed by atoms with van der Waals surface area (Å²) in [5.74, 6) is 1.17. The highest BCUT2D eigenvalue weighted by Gasteiger charge is 2.36. The van der Waals surface area contributed by atoms with Gasteiger partial charge in [0, 0.05) is 30.9 Å². The fourth-order valence-corrected chi connectivity index (χ4v) is 3.95. The molecule has 2 fully saturated rings. The second kappa shape index (κ2) is 7.11. The van der Waals surface area contributed by atoms with Gasteiger partial charge >= 0.3 is 0 Å². The minimum atomic E-state index is 0.126. The van der Waals surface area contributed by atoms with E-state index in [1.54, 1.807) is 0 Å². The van der Waals surface area contributed by atoms with E-state index in [1.807, 2.05) is 6.20 Å². The summed E-state index contributed by atoms with van der Waals surface area (Å²) >= 11 is 0. The van der Waals surface area contributed by atoms with Crippen molar-refractivity contribution in [1.29, 1.82) is 0 Å². The number of aromatic nitrogens is 2. The highest BCUT2D eigenvalue weighted by Crippen LogP contribution is 2.33. The standard InChI is InChI=1S/C17H30N4O/c1-2-21-12-7-18-16(21)13-19-10-5-17(15-22,6-11-19)14-20-8-3-4-9-20/h7,12,22H,2-6,8-11,13-15H2,1H3. The maximum Gasteiger partial charge on any atom is 0.122 e. The van der Waals surface area contributed by atoms with E-state index in [1.165, 1.54) is 31.8 Å². The van der Waals surface area contributed by atoms with Crippen molar-refractivity contribution < 1.29 is 5.11 Å². The molecule has 2 aliphatic rings. The number of hydrogen-bond donors (Lipinski definition) is 1. The Morgan fingerprint density at radius 2 is 1.86 bits per heavy atom. The number of rotatable bonds is 6. The molecule has 3 heterocycles. The van der Waals surface area contributed by atoms with Gasteiger partial charge in [-0.05, 0) is 58.8 Å². The number of imidazole rings is 1. The zero-order valence-corrected chi connectivity index (χ0v) is 13.9. The van der Waals surface area contributed by atoms with Crippen LogP contribution in [0, 0.1) is 5.41 Å². The quantitative estimate of drug-likeness (QED) is 0.866. The van der Waals surface area contributed by atoms with Crippen LogP contribution in [0.1, 0.15) is 38.4 Å². The molecule has 0 amide bonds. The van der Waals surface area contributed by atoms with Crippen molar-refractivity contribution in [3.8, 4) is 0 Å². The Hall–Kier alpha value is -0.910. The van der Waals surface area contributed by atoms with Crippen molar-refractivity contribution >= 4 is 0 Å². The van der Waals surface area contributed by atoms with Gasteiger partial charge in [-0.15, -0.1) is 0 Å². The van der Waals surface area contributed by atoms with E-state index < -0.39 is 0 Å². The average Bonchev–Trinajstić information content (AvgIpc) is 3.21. The first kappa shape index (κ1) is 16.0. The number of aliphatic hydroxyl groups is 1. The summed E-state index contributed by atoms with van der Waals surface area (Å²) in [5.41, 5.74) is 0.126. The van der Waals surface area contributed by atoms with Crippen molar-refractivity contribution in [2.24, 2.45) is 5.41 Å². The predicted molar refractivity (Wildman–Crippen MR) is 87.6 cm³/mol. The van der Waals surface area contributed by atoms with Crippen molar-refractivity contribution in [2.45, 2.75) is 45.7 Å². The SMILES string of the molecule is CCn1ccnc1CN1CCC(CO)(CN2CCCC2)CC1. The summed E-state index contributed by atoms with van der Waals surface area (Å²) in [6.07, 6.45) is 8.82. The molecule has 0 bridgehead atoms. The van der Waals surface area contributed by atoms with Crippen LogP contribution in [-0.4, -0.2) is 63.8 Å². The van der Waals surface area contributed by atoms with E-state index >= 15 is 0 Å². The maximum absolute atomic E-state index is 9.97. The maximum atomic E-state index is 9.97. The van der Waals surface area contributed by atoms with E-state index in [0.29, 0.717) is 6.61 Å². The van der Waals surface area contributed by atoms with E-state index in [-0.39, 0.29) is 5.41 Å². The monoisotopic (exact) mass is 306 g/mol. The van der Waals surface area contributed by atoms with Gasteiger partial charge in [-0.2, -0.15) is 0 Å². The Balaban J connectivity index is 1.54. The summed E-state index contributed by atoms with van der Waals surface area (Å²) in [5, 5.41) is 9.97. The molecule has 0 saturated carbocycles. The zero-order chi connectivity index (χ0) is 15.4. The van der Waals surface area contributed by atoms with Gasteiger partial charge in [-0.3, -0.25) is 4.90 Å². The molecule has 1 N–H and O–H groups in total. The lowest BCUT2D eigenvalue weighted by atomic mass is 9.78. The second-order valence-electron chi connectivity index (χ2n) is 7.05. The summed E-state index contributed by atoms with van der Waals surface area (Å²) in [7, 11) is 0. The van der Waals surface area contributed by atoms with Crippen molar-refractivity contribution in [1.82, 2.24) is 19.4 Å². The van der Waals surface area contributed by atoms with Crippen LogP contribution in [0.2, 0.25) is 0 Å². The molecule has 0 unspecified atom stereocenters. The molecule has 3 rings (SSSR count). The first-order valence-corrected chi connectivity index (χ1v) is 8.80. The Labute approximate surface area is 133 Å². The third-order valence-electron chi connectivity index (χ3n) is 5.52. The first-order valence-electron chi connectivity index (χ1n) is 8.80.